The second kappa shape index (κ2) is 8.53. The fourth-order valence-corrected chi connectivity index (χ4v) is 3.67. The van der Waals surface area contributed by atoms with Crippen molar-refractivity contribution in [2.24, 2.45) is 0 Å². The molecule has 0 aliphatic heterocycles. The van der Waals surface area contributed by atoms with Gasteiger partial charge in [0.15, 0.2) is 0 Å². The molecule has 0 heterocycles. The Morgan fingerprint density at radius 3 is 2.14 bits per heavy atom. The number of benzene rings is 2. The highest BCUT2D eigenvalue weighted by atomic mass is 32.2. The van der Waals surface area contributed by atoms with E-state index in [-0.39, 0.29) is 22.4 Å². The molecule has 2 N–H and O–H groups in total. The third-order valence-electron chi connectivity index (χ3n) is 3.74. The van der Waals surface area contributed by atoms with Crippen LogP contribution in [0, 0.1) is 0 Å². The van der Waals surface area contributed by atoms with Crippen molar-refractivity contribution < 1.29 is 32.3 Å². The van der Waals surface area contributed by atoms with Crippen molar-refractivity contribution in [2.45, 2.75) is 4.90 Å². The van der Waals surface area contributed by atoms with E-state index in [1.807, 2.05) is 0 Å². The molecule has 1 amide bonds. The topological polar surface area (TPSA) is 128 Å². The van der Waals surface area contributed by atoms with Crippen LogP contribution in [0.1, 0.15) is 31.1 Å². The van der Waals surface area contributed by atoms with Crippen molar-refractivity contribution in [1.29, 1.82) is 0 Å². The minimum Gasteiger partial charge on any atom is -0.465 e. The number of carbonyl (C=O) groups excluding carboxylic acids is 3. The summed E-state index contributed by atoms with van der Waals surface area (Å²) in [6.45, 7) is 0. The van der Waals surface area contributed by atoms with E-state index in [9.17, 15) is 22.8 Å². The monoisotopic (exact) mass is 406 g/mol. The normalized spacial score (nSPS) is 10.7. The minimum atomic E-state index is -4.37. The molecule has 0 fully saturated rings. The SMILES string of the molecule is CNC(=O)c1ccccc1NS(=O)(=O)c1cc(C(=O)OC)ccc1C(=O)OC. The summed E-state index contributed by atoms with van der Waals surface area (Å²) < 4.78 is 37.4. The predicted octanol–water partition coefficient (Wildman–Crippen LogP) is 1.42. The van der Waals surface area contributed by atoms with Crippen LogP contribution in [0.5, 0.6) is 0 Å². The second-order valence-corrected chi connectivity index (χ2v) is 7.08. The van der Waals surface area contributed by atoms with Crippen molar-refractivity contribution >= 4 is 33.6 Å². The Hall–Kier alpha value is -3.40. The molecule has 0 aliphatic carbocycles. The molecule has 2 aromatic carbocycles. The average Bonchev–Trinajstić information content (AvgIpc) is 2.71. The number of ether oxygens (including phenoxy) is 2. The summed E-state index contributed by atoms with van der Waals surface area (Å²) >= 11 is 0. The number of rotatable bonds is 6. The van der Waals surface area contributed by atoms with Crippen molar-refractivity contribution in [3.63, 3.8) is 0 Å². The number of methoxy groups -OCH3 is 2. The Bertz CT molecular complexity index is 1030. The van der Waals surface area contributed by atoms with Crippen LogP contribution in [0.15, 0.2) is 47.4 Å². The van der Waals surface area contributed by atoms with Crippen LogP contribution < -0.4 is 10.0 Å². The van der Waals surface area contributed by atoms with Crippen LogP contribution in [0.25, 0.3) is 0 Å². The third-order valence-corrected chi connectivity index (χ3v) is 5.15. The first kappa shape index (κ1) is 20.9. The van der Waals surface area contributed by atoms with E-state index >= 15 is 0 Å². The van der Waals surface area contributed by atoms with Crippen LogP contribution in [0.3, 0.4) is 0 Å². The zero-order valence-electron chi connectivity index (χ0n) is 15.3. The molecule has 9 nitrogen and oxygen atoms in total. The number of carbonyl (C=O) groups is 3. The molecule has 10 heteroatoms. The summed E-state index contributed by atoms with van der Waals surface area (Å²) in [6.07, 6.45) is 0. The van der Waals surface area contributed by atoms with Crippen LogP contribution in [0.4, 0.5) is 5.69 Å². The molecule has 0 unspecified atom stereocenters. The molecule has 0 saturated heterocycles. The zero-order valence-corrected chi connectivity index (χ0v) is 16.1. The number of hydrogen-bond acceptors (Lipinski definition) is 7. The van der Waals surface area contributed by atoms with Crippen LogP contribution in [-0.2, 0) is 19.5 Å². The zero-order chi connectivity index (χ0) is 20.9. The van der Waals surface area contributed by atoms with Gasteiger partial charge in [0, 0.05) is 7.05 Å². The van der Waals surface area contributed by atoms with Gasteiger partial charge in [-0.3, -0.25) is 9.52 Å². The number of amides is 1. The van der Waals surface area contributed by atoms with Crippen molar-refractivity contribution in [1.82, 2.24) is 5.32 Å². The molecule has 2 rings (SSSR count). The van der Waals surface area contributed by atoms with Gasteiger partial charge in [0.2, 0.25) is 0 Å². The first-order chi connectivity index (χ1) is 13.2. The third kappa shape index (κ3) is 4.29. The van der Waals surface area contributed by atoms with E-state index in [0.717, 1.165) is 26.4 Å². The maximum absolute atomic E-state index is 13.0. The highest BCUT2D eigenvalue weighted by Gasteiger charge is 2.26. The lowest BCUT2D eigenvalue weighted by Crippen LogP contribution is -2.23. The van der Waals surface area contributed by atoms with Gasteiger partial charge in [0.05, 0.1) is 36.6 Å². The quantitative estimate of drug-likeness (QED) is 0.694. The molecule has 0 aliphatic rings. The largest absolute Gasteiger partial charge is 0.465 e. The lowest BCUT2D eigenvalue weighted by molar-refractivity contribution is 0.0583. The number of para-hydroxylation sites is 1. The molecule has 2 aromatic rings. The number of esters is 2. The fourth-order valence-electron chi connectivity index (χ4n) is 2.37. The molecule has 0 bridgehead atoms. The number of sulfonamides is 1. The standard InChI is InChI=1S/C18H18N2O7S/c1-19-16(21)12-6-4-5-7-14(12)20-28(24,25)15-10-11(17(22)26-2)8-9-13(15)18(23)27-3/h4-10,20H,1-3H3,(H,19,21). The maximum Gasteiger partial charge on any atom is 0.339 e. The fraction of sp³-hybridized carbons (Fsp3) is 0.167. The summed E-state index contributed by atoms with van der Waals surface area (Å²) in [5.74, 6) is -2.19. The Kier molecular flexibility index (Phi) is 6.37. The summed E-state index contributed by atoms with van der Waals surface area (Å²) in [5.41, 5.74) is -0.270. The van der Waals surface area contributed by atoms with E-state index in [1.165, 1.54) is 31.3 Å². The Balaban J connectivity index is 2.60. The molecular formula is C18H18N2O7S. The number of anilines is 1. The Labute approximate surface area is 161 Å². The van der Waals surface area contributed by atoms with E-state index in [2.05, 4.69) is 19.5 Å². The lowest BCUT2D eigenvalue weighted by atomic mass is 10.1. The molecule has 0 atom stereocenters. The van der Waals surface area contributed by atoms with Gasteiger partial charge in [0.25, 0.3) is 15.9 Å². The average molecular weight is 406 g/mol. The smallest absolute Gasteiger partial charge is 0.339 e. The van der Waals surface area contributed by atoms with Crippen molar-refractivity contribution in [2.75, 3.05) is 26.0 Å². The lowest BCUT2D eigenvalue weighted by Gasteiger charge is -2.14. The van der Waals surface area contributed by atoms with Gasteiger partial charge in [-0.25, -0.2) is 18.0 Å². The van der Waals surface area contributed by atoms with Gasteiger partial charge in [-0.1, -0.05) is 12.1 Å². The van der Waals surface area contributed by atoms with Crippen molar-refractivity contribution in [3.05, 3.63) is 59.2 Å². The van der Waals surface area contributed by atoms with Gasteiger partial charge in [0.1, 0.15) is 4.90 Å². The molecular weight excluding hydrogens is 388 g/mol. The van der Waals surface area contributed by atoms with Gasteiger partial charge in [-0.05, 0) is 30.3 Å². The minimum absolute atomic E-state index is 0.00105. The molecule has 0 spiro atoms. The van der Waals surface area contributed by atoms with E-state index in [0.29, 0.717) is 0 Å². The van der Waals surface area contributed by atoms with Crippen LogP contribution in [-0.4, -0.2) is 47.5 Å². The summed E-state index contributed by atoms with van der Waals surface area (Å²) in [6, 6.07) is 9.33. The van der Waals surface area contributed by atoms with Gasteiger partial charge in [-0.2, -0.15) is 0 Å². The molecule has 0 aromatic heterocycles. The highest BCUT2D eigenvalue weighted by molar-refractivity contribution is 7.92. The highest BCUT2D eigenvalue weighted by Crippen LogP contribution is 2.24. The first-order valence-corrected chi connectivity index (χ1v) is 9.38. The predicted molar refractivity (Wildman–Crippen MR) is 99.8 cm³/mol. The Morgan fingerprint density at radius 1 is 0.893 bits per heavy atom. The first-order valence-electron chi connectivity index (χ1n) is 7.89. The Morgan fingerprint density at radius 2 is 1.54 bits per heavy atom. The summed E-state index contributed by atoms with van der Waals surface area (Å²) in [5, 5.41) is 2.41. The van der Waals surface area contributed by atoms with Gasteiger partial charge in [-0.15, -0.1) is 0 Å². The molecule has 0 saturated carbocycles. The number of nitrogens with one attached hydrogen (secondary N) is 2. The van der Waals surface area contributed by atoms with Gasteiger partial charge < -0.3 is 14.8 Å². The molecule has 0 radical (unpaired) electrons. The van der Waals surface area contributed by atoms with Crippen molar-refractivity contribution in [3.8, 4) is 0 Å². The summed E-state index contributed by atoms with van der Waals surface area (Å²) in [4.78, 5) is 35.3. The molecule has 148 valence electrons. The maximum atomic E-state index is 13.0. The van der Waals surface area contributed by atoms with E-state index in [1.54, 1.807) is 6.07 Å². The van der Waals surface area contributed by atoms with Gasteiger partial charge >= 0.3 is 11.9 Å². The van der Waals surface area contributed by atoms with E-state index < -0.39 is 32.8 Å². The van der Waals surface area contributed by atoms with E-state index in [4.69, 9.17) is 0 Å². The van der Waals surface area contributed by atoms with Crippen LogP contribution in [0.2, 0.25) is 0 Å². The van der Waals surface area contributed by atoms with Crippen LogP contribution >= 0.6 is 0 Å². The molecule has 28 heavy (non-hydrogen) atoms. The summed E-state index contributed by atoms with van der Waals surface area (Å²) in [7, 11) is -0.721. The number of hydrogen-bond donors (Lipinski definition) is 2. The second-order valence-electron chi connectivity index (χ2n) is 5.42.